The summed E-state index contributed by atoms with van der Waals surface area (Å²) in [6.45, 7) is 3.41. The number of hydrogen-bond donors (Lipinski definition) is 3. The molecule has 27 heavy (non-hydrogen) atoms. The summed E-state index contributed by atoms with van der Waals surface area (Å²) >= 11 is 0. The molecule has 0 spiro atoms. The smallest absolute Gasteiger partial charge is 0.345 e. The van der Waals surface area contributed by atoms with Gasteiger partial charge in [0.1, 0.15) is 11.3 Å². The lowest BCUT2D eigenvalue weighted by Crippen LogP contribution is -2.46. The molecule has 2 heterocycles. The largest absolute Gasteiger partial charge is 0.416 e. The van der Waals surface area contributed by atoms with Crippen LogP contribution in [0.15, 0.2) is 42.6 Å². The van der Waals surface area contributed by atoms with Gasteiger partial charge in [0.15, 0.2) is 0 Å². The van der Waals surface area contributed by atoms with Gasteiger partial charge in [-0.2, -0.15) is 13.2 Å². The van der Waals surface area contributed by atoms with Crippen molar-refractivity contribution < 1.29 is 28.2 Å². The molecule has 3 N–H and O–H groups in total. The van der Waals surface area contributed by atoms with E-state index in [0.29, 0.717) is 23.5 Å². The number of pyridine rings is 1. The van der Waals surface area contributed by atoms with E-state index in [1.165, 1.54) is 4.40 Å². The number of nitrogens with zero attached hydrogens (tertiary/aromatic N) is 2. The number of rotatable bonds is 3. The van der Waals surface area contributed by atoms with Crippen molar-refractivity contribution in [1.29, 1.82) is 0 Å². The number of carbonyl (C=O) groups is 1. The van der Waals surface area contributed by atoms with Gasteiger partial charge >= 0.3 is 6.18 Å². The van der Waals surface area contributed by atoms with Crippen LogP contribution in [0.3, 0.4) is 0 Å². The average Bonchev–Trinajstić information content (AvgIpc) is 2.89. The van der Waals surface area contributed by atoms with E-state index in [-0.39, 0.29) is 11.3 Å². The highest BCUT2D eigenvalue weighted by molar-refractivity contribution is 5.95. The van der Waals surface area contributed by atoms with Crippen LogP contribution < -0.4 is 5.32 Å². The molecule has 3 rings (SSSR count). The summed E-state index contributed by atoms with van der Waals surface area (Å²) in [6, 6.07) is 6.69. The SMILES string of the molecule is Cc1ccc2nc(C)c(C(=O)NC(O)(O)c3ccc(C(F)(F)F)cc3)n2c1. The number of nitrogens with one attached hydrogen (secondary N) is 1. The van der Waals surface area contributed by atoms with E-state index < -0.39 is 23.6 Å². The lowest BCUT2D eigenvalue weighted by molar-refractivity contribution is -0.185. The third-order valence-corrected chi connectivity index (χ3v) is 4.06. The van der Waals surface area contributed by atoms with Gasteiger partial charge in [0.2, 0.25) is 0 Å². The number of aromatic nitrogens is 2. The number of halogens is 3. The molecule has 6 nitrogen and oxygen atoms in total. The molecular formula is C18H16F3N3O3. The summed E-state index contributed by atoms with van der Waals surface area (Å²) < 4.78 is 39.4. The lowest BCUT2D eigenvalue weighted by atomic mass is 10.1. The molecule has 1 amide bonds. The summed E-state index contributed by atoms with van der Waals surface area (Å²) in [5.74, 6) is -3.70. The Morgan fingerprint density at radius 3 is 2.22 bits per heavy atom. The van der Waals surface area contributed by atoms with Crippen LogP contribution in [0.5, 0.6) is 0 Å². The van der Waals surface area contributed by atoms with Crippen molar-refractivity contribution in [2.45, 2.75) is 25.9 Å². The molecule has 0 aliphatic heterocycles. The maximum Gasteiger partial charge on any atom is 0.416 e. The van der Waals surface area contributed by atoms with Gasteiger partial charge in [-0.25, -0.2) is 4.98 Å². The van der Waals surface area contributed by atoms with Gasteiger partial charge in [-0.3, -0.25) is 14.5 Å². The number of carbonyl (C=O) groups excluding carboxylic acids is 1. The zero-order valence-electron chi connectivity index (χ0n) is 14.4. The Bertz CT molecular complexity index is 1010. The molecule has 0 fully saturated rings. The predicted molar refractivity (Wildman–Crippen MR) is 89.7 cm³/mol. The van der Waals surface area contributed by atoms with Gasteiger partial charge in [-0.15, -0.1) is 0 Å². The first kappa shape index (κ1) is 18.9. The van der Waals surface area contributed by atoms with Gasteiger partial charge < -0.3 is 10.2 Å². The Balaban J connectivity index is 1.91. The highest BCUT2D eigenvalue weighted by atomic mass is 19.4. The van der Waals surface area contributed by atoms with Crippen molar-refractivity contribution >= 4 is 11.6 Å². The summed E-state index contributed by atoms with van der Waals surface area (Å²) in [4.78, 5) is 16.8. The molecule has 1 aromatic carbocycles. The van der Waals surface area contributed by atoms with Crippen molar-refractivity contribution in [3.8, 4) is 0 Å². The highest BCUT2D eigenvalue weighted by Gasteiger charge is 2.34. The zero-order chi connectivity index (χ0) is 20.0. The third-order valence-electron chi connectivity index (χ3n) is 4.06. The van der Waals surface area contributed by atoms with Crippen LogP contribution in [0.4, 0.5) is 13.2 Å². The van der Waals surface area contributed by atoms with Gasteiger partial charge in [-0.1, -0.05) is 18.2 Å². The fourth-order valence-electron chi connectivity index (χ4n) is 2.72. The Kier molecular flexibility index (Phi) is 4.44. The molecule has 0 unspecified atom stereocenters. The van der Waals surface area contributed by atoms with Gasteiger partial charge in [0.25, 0.3) is 11.8 Å². The molecule has 9 heteroatoms. The van der Waals surface area contributed by atoms with Crippen LogP contribution in [0.1, 0.15) is 32.9 Å². The Labute approximate surface area is 151 Å². The second-order valence-electron chi connectivity index (χ2n) is 6.18. The second kappa shape index (κ2) is 6.36. The summed E-state index contributed by atoms with van der Waals surface area (Å²) in [6.07, 6.45) is -2.89. The van der Waals surface area contributed by atoms with E-state index in [4.69, 9.17) is 0 Å². The molecule has 3 aromatic rings. The van der Waals surface area contributed by atoms with Crippen LogP contribution in [0.25, 0.3) is 5.65 Å². The average molecular weight is 379 g/mol. The number of alkyl halides is 3. The molecule has 142 valence electrons. The van der Waals surface area contributed by atoms with Crippen LogP contribution >= 0.6 is 0 Å². The number of hydrogen-bond acceptors (Lipinski definition) is 4. The first-order valence-electron chi connectivity index (χ1n) is 7.89. The summed E-state index contributed by atoms with van der Waals surface area (Å²) in [7, 11) is 0. The third kappa shape index (κ3) is 3.64. The Hall–Kier alpha value is -2.91. The molecule has 2 aromatic heterocycles. The number of imidazole rings is 1. The predicted octanol–water partition coefficient (Wildman–Crippen LogP) is 2.49. The fraction of sp³-hybridized carbons (Fsp3) is 0.222. The fourth-order valence-corrected chi connectivity index (χ4v) is 2.72. The van der Waals surface area contributed by atoms with E-state index in [2.05, 4.69) is 4.98 Å². The number of benzene rings is 1. The second-order valence-corrected chi connectivity index (χ2v) is 6.18. The molecule has 0 saturated carbocycles. The topological polar surface area (TPSA) is 86.9 Å². The number of amides is 1. The van der Waals surface area contributed by atoms with Gasteiger partial charge in [0, 0.05) is 11.8 Å². The van der Waals surface area contributed by atoms with E-state index >= 15 is 0 Å². The Morgan fingerprint density at radius 1 is 1.04 bits per heavy atom. The first-order chi connectivity index (χ1) is 12.5. The van der Waals surface area contributed by atoms with Crippen molar-refractivity contribution in [1.82, 2.24) is 14.7 Å². The van der Waals surface area contributed by atoms with E-state index in [0.717, 1.165) is 17.7 Å². The molecule has 0 radical (unpaired) electrons. The van der Waals surface area contributed by atoms with Gasteiger partial charge in [0.05, 0.1) is 11.3 Å². The standard InChI is InChI=1S/C18H16F3N3O3/c1-10-3-8-14-22-11(2)15(24(14)9-10)16(25)23-18(26,27)13-6-4-12(5-7-13)17(19,20)21/h3-9,26-27H,1-2H3,(H,23,25). The lowest BCUT2D eigenvalue weighted by Gasteiger charge is -2.23. The molecule has 0 saturated heterocycles. The maximum atomic E-state index is 12.6. The van der Waals surface area contributed by atoms with Crippen molar-refractivity contribution in [2.24, 2.45) is 0 Å². The molecule has 0 aliphatic rings. The highest BCUT2D eigenvalue weighted by Crippen LogP contribution is 2.30. The van der Waals surface area contributed by atoms with E-state index in [9.17, 15) is 28.2 Å². The monoisotopic (exact) mass is 379 g/mol. The van der Waals surface area contributed by atoms with Crippen LogP contribution in [-0.4, -0.2) is 25.5 Å². The van der Waals surface area contributed by atoms with Gasteiger partial charge in [-0.05, 0) is 37.6 Å². The van der Waals surface area contributed by atoms with Crippen molar-refractivity contribution in [3.63, 3.8) is 0 Å². The normalized spacial score (nSPS) is 12.4. The zero-order valence-corrected chi connectivity index (χ0v) is 14.4. The van der Waals surface area contributed by atoms with E-state index in [1.807, 2.05) is 18.3 Å². The minimum absolute atomic E-state index is 0.0908. The minimum atomic E-state index is -4.55. The minimum Gasteiger partial charge on any atom is -0.345 e. The van der Waals surface area contributed by atoms with Crippen LogP contribution in [-0.2, 0) is 12.1 Å². The number of fused-ring (bicyclic) bond motifs is 1. The molecule has 0 aliphatic carbocycles. The molecule has 0 bridgehead atoms. The van der Waals surface area contributed by atoms with Crippen LogP contribution in [0.2, 0.25) is 0 Å². The van der Waals surface area contributed by atoms with Crippen molar-refractivity contribution in [3.05, 3.63) is 70.7 Å². The first-order valence-corrected chi connectivity index (χ1v) is 7.89. The Morgan fingerprint density at radius 2 is 1.63 bits per heavy atom. The summed E-state index contributed by atoms with van der Waals surface area (Å²) in [5.41, 5.74) is 0.553. The van der Waals surface area contributed by atoms with E-state index in [1.54, 1.807) is 19.2 Å². The molecular weight excluding hydrogens is 363 g/mol. The van der Waals surface area contributed by atoms with Crippen molar-refractivity contribution in [2.75, 3.05) is 0 Å². The number of aryl methyl sites for hydroxylation is 2. The maximum absolute atomic E-state index is 12.6. The summed E-state index contributed by atoms with van der Waals surface area (Å²) in [5, 5.41) is 22.4. The molecule has 0 atom stereocenters. The van der Waals surface area contributed by atoms with Crippen LogP contribution in [0, 0.1) is 13.8 Å². The number of aliphatic hydroxyl groups is 2. The quantitative estimate of drug-likeness (QED) is 0.611.